The summed E-state index contributed by atoms with van der Waals surface area (Å²) >= 11 is 0. The Morgan fingerprint density at radius 1 is 1.26 bits per heavy atom. The van der Waals surface area contributed by atoms with Crippen LogP contribution >= 0.6 is 0 Å². The van der Waals surface area contributed by atoms with E-state index in [1.165, 1.54) is 12.1 Å². The van der Waals surface area contributed by atoms with Gasteiger partial charge in [0.2, 0.25) is 0 Å². The molecule has 98 valence electrons. The molecule has 2 rings (SSSR count). The third-order valence-corrected chi connectivity index (χ3v) is 2.75. The van der Waals surface area contributed by atoms with Crippen molar-refractivity contribution in [2.75, 3.05) is 11.1 Å². The fraction of sp³-hybridized carbons (Fsp3) is 0.0714. The predicted molar refractivity (Wildman–Crippen MR) is 71.6 cm³/mol. The average molecular weight is 260 g/mol. The van der Waals surface area contributed by atoms with Crippen molar-refractivity contribution in [1.29, 1.82) is 0 Å². The topological polar surface area (TPSA) is 75.3 Å². The number of nitrogens with two attached hydrogens (primary N) is 1. The number of phenolic OH excluding ortho intramolecular Hbond substituents is 1. The molecule has 0 fully saturated rings. The van der Waals surface area contributed by atoms with E-state index in [1.807, 2.05) is 6.92 Å². The Hall–Kier alpha value is -2.56. The van der Waals surface area contributed by atoms with Crippen LogP contribution in [0.4, 0.5) is 15.8 Å². The van der Waals surface area contributed by atoms with Crippen LogP contribution in [0.5, 0.6) is 5.75 Å². The van der Waals surface area contributed by atoms with E-state index in [1.54, 1.807) is 18.2 Å². The largest absolute Gasteiger partial charge is 0.505 e. The standard InChI is InChI=1S/C14H13FN2O2/c1-8-2-3-9(6-12(8)16)14(19)17-10-4-5-13(18)11(15)7-10/h2-7,18H,16H2,1H3,(H,17,19). The maximum Gasteiger partial charge on any atom is 0.255 e. The number of rotatable bonds is 2. The van der Waals surface area contributed by atoms with Crippen molar-refractivity contribution in [3.63, 3.8) is 0 Å². The molecule has 5 heteroatoms. The fourth-order valence-corrected chi connectivity index (χ4v) is 1.57. The van der Waals surface area contributed by atoms with Crippen molar-refractivity contribution in [2.45, 2.75) is 6.92 Å². The first-order valence-corrected chi connectivity index (χ1v) is 5.63. The van der Waals surface area contributed by atoms with Gasteiger partial charge in [0, 0.05) is 23.0 Å². The minimum absolute atomic E-state index is 0.263. The Morgan fingerprint density at radius 3 is 2.63 bits per heavy atom. The summed E-state index contributed by atoms with van der Waals surface area (Å²) in [6.45, 7) is 1.84. The lowest BCUT2D eigenvalue weighted by atomic mass is 10.1. The second kappa shape index (κ2) is 4.97. The van der Waals surface area contributed by atoms with Crippen LogP contribution in [-0.2, 0) is 0 Å². The van der Waals surface area contributed by atoms with Gasteiger partial charge in [0.05, 0.1) is 0 Å². The average Bonchev–Trinajstić information content (AvgIpc) is 2.37. The van der Waals surface area contributed by atoms with Crippen molar-refractivity contribution >= 4 is 17.3 Å². The number of amides is 1. The molecule has 2 aromatic rings. The van der Waals surface area contributed by atoms with Crippen LogP contribution in [0, 0.1) is 12.7 Å². The van der Waals surface area contributed by atoms with E-state index in [4.69, 9.17) is 10.8 Å². The van der Waals surface area contributed by atoms with E-state index in [9.17, 15) is 9.18 Å². The second-order valence-electron chi connectivity index (χ2n) is 4.19. The Bertz CT molecular complexity index is 641. The van der Waals surface area contributed by atoms with Gasteiger partial charge in [-0.15, -0.1) is 0 Å². The van der Waals surface area contributed by atoms with Crippen LogP contribution in [-0.4, -0.2) is 11.0 Å². The van der Waals surface area contributed by atoms with E-state index in [-0.39, 0.29) is 5.69 Å². The van der Waals surface area contributed by atoms with Gasteiger partial charge in [-0.05, 0) is 36.8 Å². The molecule has 0 aliphatic heterocycles. The maximum atomic E-state index is 13.1. The highest BCUT2D eigenvalue weighted by atomic mass is 19.1. The number of benzene rings is 2. The number of halogens is 1. The molecule has 0 bridgehead atoms. The fourth-order valence-electron chi connectivity index (χ4n) is 1.57. The molecule has 0 atom stereocenters. The number of aromatic hydroxyl groups is 1. The van der Waals surface area contributed by atoms with Crippen molar-refractivity contribution in [3.05, 3.63) is 53.3 Å². The van der Waals surface area contributed by atoms with Gasteiger partial charge in [0.1, 0.15) is 0 Å². The summed E-state index contributed by atoms with van der Waals surface area (Å²) in [6, 6.07) is 8.56. The lowest BCUT2D eigenvalue weighted by molar-refractivity contribution is 0.102. The summed E-state index contributed by atoms with van der Waals surface area (Å²) in [5.41, 5.74) is 7.77. The number of hydrogen-bond acceptors (Lipinski definition) is 3. The highest BCUT2D eigenvalue weighted by Gasteiger charge is 2.09. The molecule has 1 amide bonds. The van der Waals surface area contributed by atoms with E-state index >= 15 is 0 Å². The Morgan fingerprint density at radius 2 is 2.00 bits per heavy atom. The summed E-state index contributed by atoms with van der Waals surface area (Å²) in [5, 5.41) is 11.6. The summed E-state index contributed by atoms with van der Waals surface area (Å²) in [5.74, 6) is -1.64. The number of carbonyl (C=O) groups is 1. The molecule has 0 aromatic heterocycles. The molecular formula is C14H13FN2O2. The SMILES string of the molecule is Cc1ccc(C(=O)Nc2ccc(O)c(F)c2)cc1N. The van der Waals surface area contributed by atoms with Crippen molar-refractivity contribution < 1.29 is 14.3 Å². The lowest BCUT2D eigenvalue weighted by Gasteiger charge is -2.07. The first kappa shape index (κ1) is 12.9. The number of nitrogens with one attached hydrogen (secondary N) is 1. The van der Waals surface area contributed by atoms with E-state index in [0.29, 0.717) is 11.3 Å². The Balaban J connectivity index is 2.20. The minimum Gasteiger partial charge on any atom is -0.505 e. The van der Waals surface area contributed by atoms with Gasteiger partial charge < -0.3 is 16.2 Å². The van der Waals surface area contributed by atoms with Crippen LogP contribution in [0.1, 0.15) is 15.9 Å². The predicted octanol–water partition coefficient (Wildman–Crippen LogP) is 2.67. The molecule has 0 spiro atoms. The second-order valence-corrected chi connectivity index (χ2v) is 4.19. The van der Waals surface area contributed by atoms with Crippen LogP contribution in [0.15, 0.2) is 36.4 Å². The minimum atomic E-state index is -0.791. The molecule has 2 aromatic carbocycles. The smallest absolute Gasteiger partial charge is 0.255 e. The molecule has 0 aliphatic rings. The van der Waals surface area contributed by atoms with Gasteiger partial charge in [-0.25, -0.2) is 4.39 Å². The summed E-state index contributed by atoms with van der Waals surface area (Å²) < 4.78 is 13.1. The summed E-state index contributed by atoms with van der Waals surface area (Å²) in [7, 11) is 0. The molecule has 4 N–H and O–H groups in total. The lowest BCUT2D eigenvalue weighted by Crippen LogP contribution is -2.12. The molecular weight excluding hydrogens is 247 g/mol. The van der Waals surface area contributed by atoms with Gasteiger partial charge in [-0.3, -0.25) is 4.79 Å². The number of hydrogen-bond donors (Lipinski definition) is 3. The number of nitrogen functional groups attached to an aromatic ring is 1. The number of carbonyl (C=O) groups excluding carboxylic acids is 1. The third kappa shape index (κ3) is 2.82. The first-order chi connectivity index (χ1) is 8.97. The summed E-state index contributed by atoms with van der Waals surface area (Å²) in [4.78, 5) is 11.9. The molecule has 0 radical (unpaired) electrons. The van der Waals surface area contributed by atoms with Gasteiger partial charge in [-0.1, -0.05) is 6.07 Å². The van der Waals surface area contributed by atoms with Gasteiger partial charge in [-0.2, -0.15) is 0 Å². The van der Waals surface area contributed by atoms with Gasteiger partial charge in [0.15, 0.2) is 11.6 Å². The van der Waals surface area contributed by atoms with Gasteiger partial charge >= 0.3 is 0 Å². The number of phenols is 1. The van der Waals surface area contributed by atoms with Crippen molar-refractivity contribution in [2.24, 2.45) is 0 Å². The van der Waals surface area contributed by atoms with Gasteiger partial charge in [0.25, 0.3) is 5.91 Å². The molecule has 0 saturated heterocycles. The highest BCUT2D eigenvalue weighted by Crippen LogP contribution is 2.20. The molecule has 0 aliphatic carbocycles. The maximum absolute atomic E-state index is 13.1. The normalized spacial score (nSPS) is 10.2. The third-order valence-electron chi connectivity index (χ3n) is 2.75. The zero-order valence-electron chi connectivity index (χ0n) is 10.3. The zero-order valence-corrected chi connectivity index (χ0v) is 10.3. The van der Waals surface area contributed by atoms with Crippen LogP contribution < -0.4 is 11.1 Å². The molecule has 0 heterocycles. The zero-order chi connectivity index (χ0) is 14.0. The van der Waals surface area contributed by atoms with E-state index < -0.39 is 17.5 Å². The quantitative estimate of drug-likeness (QED) is 0.574. The van der Waals surface area contributed by atoms with E-state index in [2.05, 4.69) is 5.32 Å². The van der Waals surface area contributed by atoms with E-state index in [0.717, 1.165) is 11.6 Å². The number of anilines is 2. The number of aryl methyl sites for hydroxylation is 1. The molecule has 0 unspecified atom stereocenters. The van der Waals surface area contributed by atoms with Crippen LogP contribution in [0.2, 0.25) is 0 Å². The molecule has 19 heavy (non-hydrogen) atoms. The van der Waals surface area contributed by atoms with Crippen molar-refractivity contribution in [3.8, 4) is 5.75 Å². The first-order valence-electron chi connectivity index (χ1n) is 5.63. The highest BCUT2D eigenvalue weighted by molar-refractivity contribution is 6.04. The molecule has 4 nitrogen and oxygen atoms in total. The Kier molecular flexibility index (Phi) is 3.37. The monoisotopic (exact) mass is 260 g/mol. The van der Waals surface area contributed by atoms with Crippen molar-refractivity contribution in [1.82, 2.24) is 0 Å². The Labute approximate surface area is 109 Å². The summed E-state index contributed by atoms with van der Waals surface area (Å²) in [6.07, 6.45) is 0. The molecule has 0 saturated carbocycles. The van der Waals surface area contributed by atoms with Crippen LogP contribution in [0.25, 0.3) is 0 Å². The van der Waals surface area contributed by atoms with Crippen LogP contribution in [0.3, 0.4) is 0 Å².